The number of thiazole rings is 1. The van der Waals surface area contributed by atoms with Crippen LogP contribution < -0.4 is 5.32 Å². The lowest BCUT2D eigenvalue weighted by molar-refractivity contribution is -0.144. The van der Waals surface area contributed by atoms with Gasteiger partial charge in [0.2, 0.25) is 0 Å². The summed E-state index contributed by atoms with van der Waals surface area (Å²) < 4.78 is 0. The number of nitrogens with one attached hydrogen (secondary N) is 1. The number of hydrogen-bond donors (Lipinski definition) is 2. The van der Waals surface area contributed by atoms with Crippen LogP contribution in [0.4, 0.5) is 0 Å². The minimum Gasteiger partial charge on any atom is -0.480 e. The Morgan fingerprint density at radius 3 is 2.42 bits per heavy atom. The minimum atomic E-state index is -1.13. The van der Waals surface area contributed by atoms with Crippen molar-refractivity contribution in [2.24, 2.45) is 0 Å². The smallest absolute Gasteiger partial charge is 0.329 e. The molecule has 1 aromatic heterocycles. The zero-order valence-electron chi connectivity index (χ0n) is 10.9. The fourth-order valence-corrected chi connectivity index (χ4v) is 4.13. The lowest BCUT2D eigenvalue weighted by Crippen LogP contribution is -2.56. The Morgan fingerprint density at radius 1 is 1.32 bits per heavy atom. The van der Waals surface area contributed by atoms with Crippen molar-refractivity contribution in [3.05, 3.63) is 15.6 Å². The van der Waals surface area contributed by atoms with Gasteiger partial charge >= 0.3 is 5.97 Å². The van der Waals surface area contributed by atoms with Crippen molar-refractivity contribution >= 4 is 35.0 Å². The van der Waals surface area contributed by atoms with Crippen molar-refractivity contribution in [3.8, 4) is 0 Å². The van der Waals surface area contributed by atoms with Gasteiger partial charge in [0.15, 0.2) is 0 Å². The third-order valence-corrected chi connectivity index (χ3v) is 5.10. The van der Waals surface area contributed by atoms with E-state index in [0.29, 0.717) is 18.5 Å². The zero-order chi connectivity index (χ0) is 14.0. The zero-order valence-corrected chi connectivity index (χ0v) is 12.5. The molecule has 0 saturated carbocycles. The molecule has 2 rings (SSSR count). The molecule has 19 heavy (non-hydrogen) atoms. The van der Waals surface area contributed by atoms with Crippen LogP contribution in [-0.4, -0.2) is 39.0 Å². The molecule has 2 heterocycles. The van der Waals surface area contributed by atoms with Gasteiger partial charge in [0.05, 0.1) is 5.01 Å². The summed E-state index contributed by atoms with van der Waals surface area (Å²) in [4.78, 5) is 28.7. The van der Waals surface area contributed by atoms with Gasteiger partial charge in [0.25, 0.3) is 5.91 Å². The van der Waals surface area contributed by atoms with Crippen LogP contribution in [0.25, 0.3) is 0 Å². The highest BCUT2D eigenvalue weighted by Gasteiger charge is 2.41. The number of carboxylic acids is 1. The third kappa shape index (κ3) is 2.92. The normalized spacial score (nSPS) is 18.0. The first kappa shape index (κ1) is 14.3. The van der Waals surface area contributed by atoms with Gasteiger partial charge in [-0.05, 0) is 38.2 Å². The van der Waals surface area contributed by atoms with Crippen LogP contribution in [0.5, 0.6) is 0 Å². The van der Waals surface area contributed by atoms with E-state index in [1.165, 1.54) is 11.3 Å². The van der Waals surface area contributed by atoms with Crippen molar-refractivity contribution in [1.29, 1.82) is 0 Å². The maximum atomic E-state index is 12.2. The molecular weight excluding hydrogens is 284 g/mol. The van der Waals surface area contributed by atoms with Gasteiger partial charge in [-0.15, -0.1) is 11.3 Å². The van der Waals surface area contributed by atoms with E-state index in [2.05, 4.69) is 10.3 Å². The molecule has 7 heteroatoms. The molecule has 1 saturated heterocycles. The monoisotopic (exact) mass is 300 g/mol. The summed E-state index contributed by atoms with van der Waals surface area (Å²) in [5.41, 5.74) is -0.784. The Kier molecular flexibility index (Phi) is 4.15. The van der Waals surface area contributed by atoms with Crippen molar-refractivity contribution in [2.75, 3.05) is 11.5 Å². The molecule has 0 aliphatic carbocycles. The Balaban J connectivity index is 2.20. The molecule has 0 radical (unpaired) electrons. The predicted octanol–water partition coefficient (Wildman–Crippen LogP) is 1.84. The quantitative estimate of drug-likeness (QED) is 0.890. The van der Waals surface area contributed by atoms with Crippen molar-refractivity contribution in [2.45, 2.75) is 32.2 Å². The summed E-state index contributed by atoms with van der Waals surface area (Å²) in [6.45, 7) is 3.66. The van der Waals surface area contributed by atoms with Crippen LogP contribution in [0.3, 0.4) is 0 Å². The molecule has 1 amide bonds. The van der Waals surface area contributed by atoms with Gasteiger partial charge in [-0.2, -0.15) is 11.8 Å². The lowest BCUT2D eigenvalue weighted by atomic mass is 9.92. The SMILES string of the molecule is Cc1nc(C(=O)NC2(C(=O)O)CCSCC2)c(C)s1. The van der Waals surface area contributed by atoms with E-state index in [0.717, 1.165) is 21.4 Å². The van der Waals surface area contributed by atoms with Crippen LogP contribution in [0.2, 0.25) is 0 Å². The van der Waals surface area contributed by atoms with Crippen LogP contribution in [-0.2, 0) is 4.79 Å². The van der Waals surface area contributed by atoms with Gasteiger partial charge in [0, 0.05) is 4.88 Å². The number of thioether (sulfide) groups is 1. The molecule has 5 nitrogen and oxygen atoms in total. The molecule has 1 fully saturated rings. The first-order valence-corrected chi connectivity index (χ1v) is 7.99. The number of amides is 1. The largest absolute Gasteiger partial charge is 0.480 e. The van der Waals surface area contributed by atoms with Crippen molar-refractivity contribution < 1.29 is 14.7 Å². The van der Waals surface area contributed by atoms with E-state index >= 15 is 0 Å². The molecule has 1 aliphatic heterocycles. The highest BCUT2D eigenvalue weighted by molar-refractivity contribution is 7.99. The Hall–Kier alpha value is -1.08. The second kappa shape index (κ2) is 5.50. The van der Waals surface area contributed by atoms with E-state index in [1.807, 2.05) is 13.8 Å². The van der Waals surface area contributed by atoms with E-state index in [4.69, 9.17) is 0 Å². The van der Waals surface area contributed by atoms with E-state index in [-0.39, 0.29) is 5.91 Å². The summed E-state index contributed by atoms with van der Waals surface area (Å²) in [5, 5.41) is 12.9. The number of aliphatic carboxylic acids is 1. The topological polar surface area (TPSA) is 79.3 Å². The van der Waals surface area contributed by atoms with Crippen LogP contribution >= 0.6 is 23.1 Å². The van der Waals surface area contributed by atoms with Gasteiger partial charge < -0.3 is 10.4 Å². The number of carbonyl (C=O) groups is 2. The number of carboxylic acid groups (broad SMARTS) is 1. The maximum absolute atomic E-state index is 12.2. The number of aryl methyl sites for hydroxylation is 2. The highest BCUT2D eigenvalue weighted by Crippen LogP contribution is 2.28. The van der Waals surface area contributed by atoms with Crippen LogP contribution in [0.15, 0.2) is 0 Å². The summed E-state index contributed by atoms with van der Waals surface area (Å²) in [5.74, 6) is 0.172. The fraction of sp³-hybridized carbons (Fsp3) is 0.583. The molecule has 0 bridgehead atoms. The maximum Gasteiger partial charge on any atom is 0.329 e. The van der Waals surface area contributed by atoms with Gasteiger partial charge in [-0.25, -0.2) is 9.78 Å². The van der Waals surface area contributed by atoms with Gasteiger partial charge in [0.1, 0.15) is 11.2 Å². The Labute approximate surface area is 119 Å². The molecular formula is C12H16N2O3S2. The average Bonchev–Trinajstić information content (AvgIpc) is 2.69. The average molecular weight is 300 g/mol. The highest BCUT2D eigenvalue weighted by atomic mass is 32.2. The second-order valence-electron chi connectivity index (χ2n) is 4.59. The molecule has 1 aliphatic rings. The van der Waals surface area contributed by atoms with Crippen molar-refractivity contribution in [1.82, 2.24) is 10.3 Å². The molecule has 0 unspecified atom stereocenters. The van der Waals surface area contributed by atoms with E-state index in [9.17, 15) is 14.7 Å². The molecule has 104 valence electrons. The molecule has 0 aromatic carbocycles. The lowest BCUT2D eigenvalue weighted by Gasteiger charge is -2.33. The standard InChI is InChI=1S/C12H16N2O3S2/c1-7-9(13-8(2)19-7)10(15)14-12(11(16)17)3-5-18-6-4-12/h3-6H2,1-2H3,(H,14,15)(H,16,17). The molecule has 0 spiro atoms. The first-order chi connectivity index (χ1) is 8.94. The number of hydrogen-bond acceptors (Lipinski definition) is 5. The van der Waals surface area contributed by atoms with Crippen LogP contribution in [0, 0.1) is 13.8 Å². The van der Waals surface area contributed by atoms with Crippen LogP contribution in [0.1, 0.15) is 33.2 Å². The summed E-state index contributed by atoms with van der Waals surface area (Å²) in [7, 11) is 0. The molecule has 1 aromatic rings. The number of rotatable bonds is 3. The predicted molar refractivity (Wildman–Crippen MR) is 76.0 cm³/mol. The first-order valence-electron chi connectivity index (χ1n) is 6.02. The van der Waals surface area contributed by atoms with E-state index in [1.54, 1.807) is 11.8 Å². The second-order valence-corrected chi connectivity index (χ2v) is 7.22. The Bertz CT molecular complexity index is 507. The Morgan fingerprint density at radius 2 is 1.95 bits per heavy atom. The van der Waals surface area contributed by atoms with E-state index < -0.39 is 11.5 Å². The summed E-state index contributed by atoms with van der Waals surface area (Å²) >= 11 is 3.16. The number of nitrogens with zero attached hydrogens (tertiary/aromatic N) is 1. The molecule has 0 atom stereocenters. The number of aromatic nitrogens is 1. The third-order valence-electron chi connectivity index (χ3n) is 3.23. The summed E-state index contributed by atoms with van der Waals surface area (Å²) in [6.07, 6.45) is 0.918. The van der Waals surface area contributed by atoms with Gasteiger partial charge in [-0.3, -0.25) is 4.79 Å². The summed E-state index contributed by atoms with van der Waals surface area (Å²) in [6, 6.07) is 0. The van der Waals surface area contributed by atoms with Crippen molar-refractivity contribution in [3.63, 3.8) is 0 Å². The fourth-order valence-electron chi connectivity index (χ4n) is 2.13. The minimum absolute atomic E-state index is 0.348. The van der Waals surface area contributed by atoms with Gasteiger partial charge in [-0.1, -0.05) is 0 Å². The number of carbonyl (C=O) groups excluding carboxylic acids is 1. The molecule has 2 N–H and O–H groups in total.